The topological polar surface area (TPSA) is 198 Å². The number of benzene rings is 2. The fraction of sp³-hybridized carbons (Fsp3) is 0.458. The summed E-state index contributed by atoms with van der Waals surface area (Å²) in [5.41, 5.74) is 4.94. The molecule has 11 unspecified atom stereocenters. The molecule has 2 aromatic carbocycles. The van der Waals surface area contributed by atoms with E-state index < -0.39 is 59.3 Å². The van der Waals surface area contributed by atoms with Gasteiger partial charge in [-0.25, -0.2) is 0 Å². The largest absolute Gasteiger partial charge is 0.511 e. The SMILES string of the molecule is O=C1c2cccc3c2C(=O)C2(CSSC4NC5=C6C7=C4CC=C7C4CCC7CCC(=C6C74CC4(O)C(O)C(CO)OC(O3)C4O)CN5)C(O)=CC(Cc3cccc(CO)c3)=CC12. The van der Waals surface area contributed by atoms with Crippen molar-refractivity contribution in [2.45, 2.75) is 87.1 Å². The Kier molecular flexibility index (Phi) is 8.87. The number of nitrogens with one attached hydrogen (secondary N) is 2. The normalized spacial score (nSPS) is 38.7. The molecule has 14 heteroatoms. The molecule has 12 aliphatic rings. The Hall–Kier alpha value is -4.12. The van der Waals surface area contributed by atoms with Gasteiger partial charge in [0.05, 0.1) is 24.7 Å². The standard InChI is InChI=1S/C48H48N2O10S2/c51-18-23-4-1-3-22(13-23)14-24-15-31-39(54)28-5-2-6-32-36(28)41(56)47(31,34(53)16-24)21-61-62-44-29-11-10-27-30-12-9-26-8-7-25-17-49-43(50-44)37(35(27)29)38(25)46(26,30)20-48(58)40(55)33(19-52)60-45(59-32)42(48)57/h1-6,10,13,15-16,26,30-31,33,40,42,44-45,49-53,55,57-58H,7-9,11-12,14,17-21H2. The lowest BCUT2D eigenvalue weighted by Crippen LogP contribution is -2.70. The van der Waals surface area contributed by atoms with Gasteiger partial charge in [0.25, 0.3) is 0 Å². The number of rotatable bonds is 4. The first-order chi connectivity index (χ1) is 30.0. The van der Waals surface area contributed by atoms with E-state index in [0.717, 1.165) is 48.2 Å². The molecule has 2 spiro atoms. The molecule has 8 N–H and O–H groups in total. The van der Waals surface area contributed by atoms with E-state index >= 15 is 4.79 Å². The molecule has 2 aromatic rings. The van der Waals surface area contributed by atoms with Crippen LogP contribution in [0.1, 0.15) is 70.4 Å². The third-order valence-corrected chi connectivity index (χ3v) is 18.6. The fourth-order valence-electron chi connectivity index (χ4n) is 13.3. The zero-order chi connectivity index (χ0) is 42.4. The number of ether oxygens (including phenoxy) is 2. The van der Waals surface area contributed by atoms with Crippen LogP contribution in [0.4, 0.5) is 0 Å². The highest BCUT2D eigenvalue weighted by molar-refractivity contribution is 8.77. The summed E-state index contributed by atoms with van der Waals surface area (Å²) in [6.45, 7) is -0.199. The zero-order valence-corrected chi connectivity index (χ0v) is 35.4. The molecule has 0 radical (unpaired) electrons. The first-order valence-electron chi connectivity index (χ1n) is 21.8. The molecule has 14 rings (SSSR count). The van der Waals surface area contributed by atoms with Crippen molar-refractivity contribution in [1.29, 1.82) is 0 Å². The zero-order valence-electron chi connectivity index (χ0n) is 33.8. The maximum Gasteiger partial charge on any atom is 0.229 e. The number of allylic oxidation sites excluding steroid dienone is 9. The van der Waals surface area contributed by atoms with E-state index in [2.05, 4.69) is 16.7 Å². The summed E-state index contributed by atoms with van der Waals surface area (Å²) in [7, 11) is 3.02. The molecular weight excluding hydrogens is 829 g/mol. The Morgan fingerprint density at radius 2 is 1.82 bits per heavy atom. The van der Waals surface area contributed by atoms with Gasteiger partial charge in [0.1, 0.15) is 52.0 Å². The van der Waals surface area contributed by atoms with E-state index in [0.29, 0.717) is 25.0 Å². The second-order valence-electron chi connectivity index (χ2n) is 18.8. The van der Waals surface area contributed by atoms with Crippen LogP contribution < -0.4 is 15.4 Å². The van der Waals surface area contributed by atoms with E-state index in [1.54, 1.807) is 35.1 Å². The van der Waals surface area contributed by atoms with E-state index in [4.69, 9.17) is 9.47 Å². The second-order valence-corrected chi connectivity index (χ2v) is 21.3. The Labute approximate surface area is 365 Å². The maximum absolute atomic E-state index is 15.5. The maximum atomic E-state index is 15.5. The smallest absolute Gasteiger partial charge is 0.229 e. The molecule has 2 saturated carbocycles. The van der Waals surface area contributed by atoms with Gasteiger partial charge in [-0.1, -0.05) is 70.1 Å². The highest BCUT2D eigenvalue weighted by Crippen LogP contribution is 2.72. The molecule has 0 amide bonds. The Morgan fingerprint density at radius 3 is 2.66 bits per heavy atom. The van der Waals surface area contributed by atoms with Crippen LogP contribution in [0.5, 0.6) is 5.75 Å². The highest BCUT2D eigenvalue weighted by atomic mass is 33.1. The lowest BCUT2D eigenvalue weighted by Gasteiger charge is -2.59. The fourth-order valence-corrected chi connectivity index (χ4v) is 16.3. The number of Topliss-reactive ketones (excluding diaryl/α,β-unsaturated/α-hetero) is 2. The molecule has 3 fully saturated rings. The lowest BCUT2D eigenvalue weighted by molar-refractivity contribution is -0.321. The minimum atomic E-state index is -2.23. The average Bonchev–Trinajstić information content (AvgIpc) is 3.88. The number of aliphatic hydroxyl groups excluding tert-OH is 5. The molecule has 62 heavy (non-hydrogen) atoms. The van der Waals surface area contributed by atoms with Crippen LogP contribution >= 0.6 is 21.6 Å². The van der Waals surface area contributed by atoms with Crippen molar-refractivity contribution in [3.63, 3.8) is 0 Å². The number of dihydropyridines is 2. The van der Waals surface area contributed by atoms with Crippen LogP contribution in [-0.4, -0.2) is 96.7 Å². The van der Waals surface area contributed by atoms with Crippen molar-refractivity contribution in [3.8, 4) is 5.75 Å². The summed E-state index contributed by atoms with van der Waals surface area (Å²) in [4.78, 5) is 30.4. The summed E-state index contributed by atoms with van der Waals surface area (Å²) >= 11 is 0. The first kappa shape index (κ1) is 39.5. The number of carbonyl (C=O) groups excluding carboxylic acids is 2. The number of ketones is 2. The predicted molar refractivity (Wildman–Crippen MR) is 230 cm³/mol. The summed E-state index contributed by atoms with van der Waals surface area (Å²) in [5.74, 6) is -1.18. The van der Waals surface area contributed by atoms with Gasteiger partial charge in [0.15, 0.2) is 11.6 Å². The van der Waals surface area contributed by atoms with E-state index in [1.807, 2.05) is 24.3 Å². The molecule has 322 valence electrons. The molecule has 6 heterocycles. The molecular formula is C48H48N2O10S2. The summed E-state index contributed by atoms with van der Waals surface area (Å²) in [5, 5.41) is 77.7. The van der Waals surface area contributed by atoms with Crippen molar-refractivity contribution >= 4 is 33.2 Å². The van der Waals surface area contributed by atoms with Crippen molar-refractivity contribution in [2.75, 3.05) is 18.9 Å². The molecule has 12 bridgehead atoms. The Morgan fingerprint density at radius 1 is 0.984 bits per heavy atom. The average molecular weight is 877 g/mol. The van der Waals surface area contributed by atoms with Gasteiger partial charge in [0, 0.05) is 28.8 Å². The molecule has 6 aliphatic carbocycles. The highest BCUT2D eigenvalue weighted by Gasteiger charge is 2.68. The Bertz CT molecular complexity index is 2580. The van der Waals surface area contributed by atoms with Crippen LogP contribution in [0, 0.1) is 28.6 Å². The molecule has 12 nitrogen and oxygen atoms in total. The quantitative estimate of drug-likeness (QED) is 0.198. The molecule has 11 atom stereocenters. The van der Waals surface area contributed by atoms with Gasteiger partial charge < -0.3 is 50.7 Å². The van der Waals surface area contributed by atoms with Gasteiger partial charge in [0.2, 0.25) is 6.29 Å². The van der Waals surface area contributed by atoms with Gasteiger partial charge in [-0.15, -0.1) is 0 Å². The second kappa shape index (κ2) is 13.9. The molecule has 1 saturated heterocycles. The van der Waals surface area contributed by atoms with Crippen molar-refractivity contribution in [1.82, 2.24) is 10.6 Å². The van der Waals surface area contributed by atoms with Gasteiger partial charge in [-0.3, -0.25) is 9.59 Å². The van der Waals surface area contributed by atoms with E-state index in [-0.39, 0.29) is 64.4 Å². The lowest BCUT2D eigenvalue weighted by atomic mass is 9.49. The minimum Gasteiger partial charge on any atom is -0.511 e. The van der Waals surface area contributed by atoms with Gasteiger partial charge >= 0.3 is 0 Å². The molecule has 0 aromatic heterocycles. The molecule has 6 aliphatic heterocycles. The number of aliphatic hydroxyl groups is 6. The Balaban J connectivity index is 1.03. The number of carbonyl (C=O) groups is 2. The monoisotopic (exact) mass is 876 g/mol. The van der Waals surface area contributed by atoms with Gasteiger partial charge in [-0.05, 0) is 113 Å². The van der Waals surface area contributed by atoms with Crippen molar-refractivity contribution in [3.05, 3.63) is 134 Å². The van der Waals surface area contributed by atoms with Crippen LogP contribution in [0.15, 0.2) is 111 Å². The number of hydrogen-bond acceptors (Lipinski definition) is 14. The van der Waals surface area contributed by atoms with E-state index in [1.165, 1.54) is 44.7 Å². The summed E-state index contributed by atoms with van der Waals surface area (Å²) in [6.07, 6.45) is 3.84. The van der Waals surface area contributed by atoms with Crippen LogP contribution in [0.2, 0.25) is 0 Å². The summed E-state index contributed by atoms with van der Waals surface area (Å²) < 4.78 is 12.6. The van der Waals surface area contributed by atoms with Crippen molar-refractivity contribution in [2.24, 2.45) is 28.6 Å². The van der Waals surface area contributed by atoms with Gasteiger partial charge in [-0.2, -0.15) is 0 Å². The summed E-state index contributed by atoms with van der Waals surface area (Å²) in [6, 6.07) is 12.1. The van der Waals surface area contributed by atoms with Crippen LogP contribution in [0.25, 0.3) is 0 Å². The van der Waals surface area contributed by atoms with Crippen LogP contribution in [-0.2, 0) is 17.8 Å². The number of hydrogen-bond donors (Lipinski definition) is 8. The minimum absolute atomic E-state index is 0.00623. The van der Waals surface area contributed by atoms with Crippen molar-refractivity contribution < 1.29 is 49.7 Å². The van der Waals surface area contributed by atoms with E-state index in [9.17, 15) is 35.4 Å². The third-order valence-electron chi connectivity index (χ3n) is 16.0. The first-order valence-corrected chi connectivity index (χ1v) is 24.1. The third kappa shape index (κ3) is 5.14. The predicted octanol–water partition coefficient (Wildman–Crippen LogP) is 4.61. The van der Waals surface area contributed by atoms with Crippen LogP contribution in [0.3, 0.4) is 0 Å².